The molecule has 2 N–H and O–H groups in total. The second-order valence-corrected chi connectivity index (χ2v) is 0.757. The summed E-state index contributed by atoms with van der Waals surface area (Å²) < 4.78 is 7.47. The Balaban J connectivity index is -0.0000000293. The zero-order chi connectivity index (χ0) is 12.2. The maximum atomic E-state index is 8.83. The predicted molar refractivity (Wildman–Crippen MR) is 47.8 cm³/mol. The number of carbonyl (C=O) groups excluding carboxylic acids is 2. The first kappa shape index (κ1) is 29.2. The summed E-state index contributed by atoms with van der Waals surface area (Å²) >= 11 is 0. The van der Waals surface area contributed by atoms with Crippen LogP contribution in [0, 0.1) is 0 Å². The smallest absolute Gasteiger partial charge is 0.665 e. The topological polar surface area (TPSA) is 127 Å². The standard InChI is InChI=1S/2C2H3O2.2CHO2.Sn/c2*1-4-2-3;2*2-1-3;/h2*1H3;2*(H,2,3);/q4*-1;+4. The summed E-state index contributed by atoms with van der Waals surface area (Å²) in [5.74, 6) is 0. The van der Waals surface area contributed by atoms with Gasteiger partial charge in [0.25, 0.3) is 0 Å². The van der Waals surface area contributed by atoms with Crippen LogP contribution in [0.15, 0.2) is 0 Å². The summed E-state index contributed by atoms with van der Waals surface area (Å²) in [5, 5.41) is 13.5. The summed E-state index contributed by atoms with van der Waals surface area (Å²) in [5.41, 5.74) is 0. The monoisotopic (exact) mass is 328 g/mol. The van der Waals surface area contributed by atoms with Gasteiger partial charge in [0.1, 0.15) is 0 Å². The molecule has 0 rings (SSSR count). The maximum absolute atomic E-state index is 8.83. The van der Waals surface area contributed by atoms with E-state index in [2.05, 4.69) is 9.47 Å². The van der Waals surface area contributed by atoms with Crippen molar-refractivity contribution in [1.29, 1.82) is 0 Å². The van der Waals surface area contributed by atoms with Gasteiger partial charge in [0.05, 0.1) is 0 Å². The number of ether oxygens (including phenoxy) is 2. The molecule has 0 unspecified atom stereocenters. The molecule has 0 aliphatic heterocycles. The summed E-state index contributed by atoms with van der Waals surface area (Å²) in [6.07, 6.45) is 0. The van der Waals surface area contributed by atoms with Crippen LogP contribution in [0.2, 0.25) is 0 Å². The molecule has 0 atom stereocenters. The van der Waals surface area contributed by atoms with Gasteiger partial charge in [0.15, 0.2) is 0 Å². The molecule has 0 aliphatic rings. The van der Waals surface area contributed by atoms with E-state index >= 15 is 0 Å². The van der Waals surface area contributed by atoms with Crippen molar-refractivity contribution in [1.82, 2.24) is 0 Å². The molecule has 0 saturated carbocycles. The van der Waals surface area contributed by atoms with E-state index in [4.69, 9.17) is 29.4 Å². The second kappa shape index (κ2) is 79.0. The summed E-state index contributed by atoms with van der Waals surface area (Å²) in [6.45, 7) is 3.36. The van der Waals surface area contributed by atoms with E-state index in [0.717, 1.165) is 0 Å². The van der Waals surface area contributed by atoms with Gasteiger partial charge in [-0.1, -0.05) is 25.9 Å². The Kier molecular flexibility index (Phi) is 154. The van der Waals surface area contributed by atoms with Gasteiger partial charge in [-0.15, -0.1) is 0 Å². The van der Waals surface area contributed by atoms with Crippen LogP contribution in [-0.4, -0.2) is 74.2 Å². The van der Waals surface area contributed by atoms with E-state index in [0.29, 0.717) is 12.9 Å². The first-order valence-electron chi connectivity index (χ1n) is 2.49. The van der Waals surface area contributed by atoms with Crippen LogP contribution in [-0.2, 0) is 28.7 Å². The molecule has 0 saturated heterocycles. The van der Waals surface area contributed by atoms with Gasteiger partial charge in [-0.25, -0.2) is 0 Å². The van der Waals surface area contributed by atoms with Crippen molar-refractivity contribution in [3.63, 3.8) is 0 Å². The Morgan fingerprint density at radius 3 is 0.867 bits per heavy atom. The molecule has 0 bridgehead atoms. The normalized spacial score (nSPS) is 4.40. The number of hydrogen-bond acceptors (Lipinski definition) is 6. The van der Waals surface area contributed by atoms with Crippen molar-refractivity contribution in [3.05, 3.63) is 0 Å². The van der Waals surface area contributed by atoms with Crippen LogP contribution < -0.4 is 0 Å². The van der Waals surface area contributed by atoms with Crippen molar-refractivity contribution in [2.24, 2.45) is 0 Å². The van der Waals surface area contributed by atoms with Crippen LogP contribution >= 0.6 is 0 Å². The fourth-order valence-corrected chi connectivity index (χ4v) is 0. The third-order valence-electron chi connectivity index (χ3n) is 0.167. The summed E-state index contributed by atoms with van der Waals surface area (Å²) in [7, 11) is 2.51. The predicted octanol–water partition coefficient (Wildman–Crippen LogP) is -1.76. The molecule has 15 heavy (non-hydrogen) atoms. The maximum Gasteiger partial charge on any atom is 4.00 e. The van der Waals surface area contributed by atoms with Crippen LogP contribution in [0.25, 0.3) is 0 Å². The molecule has 84 valence electrons. The molecule has 0 spiro atoms. The average molecular weight is 327 g/mol. The Morgan fingerprint density at radius 2 is 0.867 bits per heavy atom. The fourth-order valence-electron chi connectivity index (χ4n) is 0. The third kappa shape index (κ3) is 3140. The van der Waals surface area contributed by atoms with Gasteiger partial charge in [-0.05, 0) is 0 Å². The first-order valence-corrected chi connectivity index (χ1v) is 2.49. The first-order chi connectivity index (χ1) is 6.66. The van der Waals surface area contributed by atoms with Gasteiger partial charge in [0, 0.05) is 14.2 Å². The molecule has 8 nitrogen and oxygen atoms in total. The van der Waals surface area contributed by atoms with E-state index in [1.165, 1.54) is 27.2 Å². The van der Waals surface area contributed by atoms with E-state index in [1.807, 2.05) is 0 Å². The van der Waals surface area contributed by atoms with Crippen LogP contribution in [0.3, 0.4) is 0 Å². The molecule has 0 amide bonds. The van der Waals surface area contributed by atoms with Crippen molar-refractivity contribution in [2.45, 2.75) is 0 Å². The minimum absolute atomic E-state index is 0. The van der Waals surface area contributed by atoms with Gasteiger partial charge in [-0.2, -0.15) is 0 Å². The molecule has 0 aromatic rings. The van der Waals surface area contributed by atoms with Crippen LogP contribution in [0.4, 0.5) is 0 Å². The second-order valence-electron chi connectivity index (χ2n) is 0.757. The summed E-state index contributed by atoms with van der Waals surface area (Å²) in [6, 6.07) is 0. The molecular formula is C6H8O8Sn. The number of hydrogen-bond donors (Lipinski definition) is 2. The quantitative estimate of drug-likeness (QED) is 0.451. The molecule has 0 fully saturated rings. The van der Waals surface area contributed by atoms with Gasteiger partial charge in [0.2, 0.25) is 0 Å². The molecule has 0 radical (unpaired) electrons. The molecule has 0 aliphatic carbocycles. The fraction of sp³-hybridized carbons (Fsp3) is 0.333. The van der Waals surface area contributed by atoms with Gasteiger partial charge in [-0.3, -0.25) is 0 Å². The Bertz CT molecular complexity index is 104. The van der Waals surface area contributed by atoms with Gasteiger partial charge >= 0.3 is 23.9 Å². The number of aliphatic hydroxyl groups excluding tert-OH is 2. The zero-order valence-electron chi connectivity index (χ0n) is 7.84. The van der Waals surface area contributed by atoms with E-state index in [-0.39, 0.29) is 23.9 Å². The van der Waals surface area contributed by atoms with Crippen LogP contribution in [0.5, 0.6) is 0 Å². The molecular weight excluding hydrogens is 319 g/mol. The van der Waals surface area contributed by atoms with Crippen molar-refractivity contribution < 1.29 is 38.9 Å². The van der Waals surface area contributed by atoms with E-state index < -0.39 is 0 Å². The SMILES string of the molecule is CO[C-]=O.CO[C-]=O.O=[C-]O.O=[C-]O.[Sn+4]. The number of rotatable bonds is 2. The third-order valence-corrected chi connectivity index (χ3v) is 0.167. The van der Waals surface area contributed by atoms with E-state index in [1.54, 1.807) is 0 Å². The zero-order valence-corrected chi connectivity index (χ0v) is 10.7. The Hall–Kier alpha value is -1.32. The van der Waals surface area contributed by atoms with E-state index in [9.17, 15) is 0 Å². The minimum atomic E-state index is 0. The molecule has 0 aromatic heterocycles. The molecule has 9 heteroatoms. The Morgan fingerprint density at radius 1 is 0.800 bits per heavy atom. The van der Waals surface area contributed by atoms with Crippen molar-refractivity contribution >= 4 is 49.8 Å². The van der Waals surface area contributed by atoms with Gasteiger partial charge < -0.3 is 38.9 Å². The average Bonchev–Trinajstić information content (AvgIpc) is 2.20. The minimum Gasteiger partial charge on any atom is -0.665 e. The van der Waals surface area contributed by atoms with Crippen molar-refractivity contribution in [3.8, 4) is 0 Å². The largest absolute Gasteiger partial charge is 4.00 e. The molecule has 0 aromatic carbocycles. The number of methoxy groups -OCH3 is 2. The molecule has 0 heterocycles. The summed E-state index contributed by atoms with van der Waals surface area (Å²) in [4.78, 5) is 34.1. The van der Waals surface area contributed by atoms with Crippen LogP contribution in [0.1, 0.15) is 0 Å². The Labute approximate surface area is 103 Å². The van der Waals surface area contributed by atoms with Crippen molar-refractivity contribution in [2.75, 3.05) is 14.2 Å².